The van der Waals surface area contributed by atoms with Crippen LogP contribution in [0.25, 0.3) is 0 Å². The third kappa shape index (κ3) is 3.77. The standard InChI is InChI=1S/C10H18N2O3/c1-9(2,3)15-8(14)12-10(4)5-7(13)11-6-10/h5-6H2,1-4H3,(H,11,13)(H,12,14)/t10-/m1/s1. The molecule has 0 radical (unpaired) electrons. The van der Waals surface area contributed by atoms with Crippen molar-refractivity contribution in [3.8, 4) is 0 Å². The molecule has 0 aromatic carbocycles. The van der Waals surface area contributed by atoms with Gasteiger partial charge in [0.2, 0.25) is 5.91 Å². The zero-order valence-electron chi connectivity index (χ0n) is 9.64. The molecule has 0 saturated carbocycles. The highest BCUT2D eigenvalue weighted by atomic mass is 16.6. The molecule has 2 amide bonds. The third-order valence-electron chi connectivity index (χ3n) is 2.03. The molecule has 0 spiro atoms. The molecule has 0 bridgehead atoms. The highest BCUT2D eigenvalue weighted by Gasteiger charge is 2.36. The van der Waals surface area contributed by atoms with E-state index in [0.717, 1.165) is 0 Å². The lowest BCUT2D eigenvalue weighted by Crippen LogP contribution is -2.49. The fraction of sp³-hybridized carbons (Fsp3) is 0.800. The molecule has 0 aliphatic carbocycles. The van der Waals surface area contributed by atoms with Gasteiger partial charge in [-0.1, -0.05) is 0 Å². The molecule has 0 unspecified atom stereocenters. The van der Waals surface area contributed by atoms with Crippen molar-refractivity contribution in [1.82, 2.24) is 10.6 Å². The van der Waals surface area contributed by atoms with Crippen molar-refractivity contribution in [3.05, 3.63) is 0 Å². The Morgan fingerprint density at radius 2 is 2.13 bits per heavy atom. The molecule has 1 heterocycles. The normalized spacial score (nSPS) is 26.0. The summed E-state index contributed by atoms with van der Waals surface area (Å²) < 4.78 is 5.11. The molecule has 1 aliphatic rings. The first-order chi connectivity index (χ1) is 6.70. The van der Waals surface area contributed by atoms with Crippen molar-refractivity contribution in [2.75, 3.05) is 6.54 Å². The van der Waals surface area contributed by atoms with Crippen LogP contribution in [0.5, 0.6) is 0 Å². The van der Waals surface area contributed by atoms with Gasteiger partial charge in [0.25, 0.3) is 0 Å². The Morgan fingerprint density at radius 1 is 1.53 bits per heavy atom. The van der Waals surface area contributed by atoms with Crippen molar-refractivity contribution in [2.45, 2.75) is 45.3 Å². The molecular weight excluding hydrogens is 196 g/mol. The van der Waals surface area contributed by atoms with Crippen LogP contribution in [0.2, 0.25) is 0 Å². The number of amides is 2. The molecule has 0 aromatic rings. The second kappa shape index (κ2) is 3.72. The van der Waals surface area contributed by atoms with E-state index in [-0.39, 0.29) is 5.91 Å². The summed E-state index contributed by atoms with van der Waals surface area (Å²) >= 11 is 0. The van der Waals surface area contributed by atoms with Crippen LogP contribution in [0.4, 0.5) is 4.79 Å². The van der Waals surface area contributed by atoms with Crippen molar-refractivity contribution >= 4 is 12.0 Å². The molecule has 5 heteroatoms. The number of nitrogens with one attached hydrogen (secondary N) is 2. The van der Waals surface area contributed by atoms with E-state index in [9.17, 15) is 9.59 Å². The first-order valence-corrected chi connectivity index (χ1v) is 4.98. The molecule has 1 atom stereocenters. The monoisotopic (exact) mass is 214 g/mol. The molecule has 86 valence electrons. The van der Waals surface area contributed by atoms with E-state index in [2.05, 4.69) is 10.6 Å². The molecule has 1 saturated heterocycles. The number of alkyl carbamates (subject to hydrolysis) is 1. The molecule has 1 aliphatic heterocycles. The van der Waals surface area contributed by atoms with Gasteiger partial charge in [-0.15, -0.1) is 0 Å². The number of hydrogen-bond donors (Lipinski definition) is 2. The lowest BCUT2D eigenvalue weighted by molar-refractivity contribution is -0.119. The van der Waals surface area contributed by atoms with Gasteiger partial charge in [-0.2, -0.15) is 0 Å². The number of carbonyl (C=O) groups is 2. The lowest BCUT2D eigenvalue weighted by atomic mass is 10.0. The van der Waals surface area contributed by atoms with Gasteiger partial charge in [0.1, 0.15) is 5.60 Å². The van der Waals surface area contributed by atoms with E-state index in [1.165, 1.54) is 0 Å². The zero-order valence-corrected chi connectivity index (χ0v) is 9.64. The highest BCUT2D eigenvalue weighted by Crippen LogP contribution is 2.15. The van der Waals surface area contributed by atoms with E-state index in [1.54, 1.807) is 20.8 Å². The van der Waals surface area contributed by atoms with Gasteiger partial charge in [-0.05, 0) is 27.7 Å². The summed E-state index contributed by atoms with van der Waals surface area (Å²) in [6.07, 6.45) is -0.187. The van der Waals surface area contributed by atoms with Gasteiger partial charge in [0, 0.05) is 6.54 Å². The van der Waals surface area contributed by atoms with Gasteiger partial charge < -0.3 is 15.4 Å². The van der Waals surface area contributed by atoms with Crippen LogP contribution in [-0.4, -0.2) is 29.7 Å². The molecule has 1 rings (SSSR count). The Morgan fingerprint density at radius 3 is 2.53 bits per heavy atom. The quantitative estimate of drug-likeness (QED) is 0.678. The van der Waals surface area contributed by atoms with Crippen LogP contribution in [0.1, 0.15) is 34.1 Å². The molecule has 1 fully saturated rings. The summed E-state index contributed by atoms with van der Waals surface area (Å²) in [6.45, 7) is 7.66. The predicted molar refractivity (Wildman–Crippen MR) is 55.4 cm³/mol. The minimum Gasteiger partial charge on any atom is -0.444 e. The lowest BCUT2D eigenvalue weighted by Gasteiger charge is -2.26. The van der Waals surface area contributed by atoms with Crippen LogP contribution < -0.4 is 10.6 Å². The SMILES string of the molecule is CC(C)(C)OC(=O)N[C@@]1(C)CNC(=O)C1. The minimum atomic E-state index is -0.528. The van der Waals surface area contributed by atoms with E-state index in [1.807, 2.05) is 6.92 Å². The second-order valence-electron chi connectivity index (χ2n) is 5.14. The van der Waals surface area contributed by atoms with Gasteiger partial charge in [0.05, 0.1) is 12.0 Å². The summed E-state index contributed by atoms with van der Waals surface area (Å²) in [5.41, 5.74) is -1.05. The number of hydrogen-bond acceptors (Lipinski definition) is 3. The Balaban J connectivity index is 2.48. The third-order valence-corrected chi connectivity index (χ3v) is 2.03. The van der Waals surface area contributed by atoms with Crippen LogP contribution in [0, 0.1) is 0 Å². The number of rotatable bonds is 1. The van der Waals surface area contributed by atoms with Gasteiger partial charge in [-0.25, -0.2) is 4.79 Å². The summed E-state index contributed by atoms with van der Waals surface area (Å²) in [6, 6.07) is 0. The Hall–Kier alpha value is -1.26. The predicted octanol–water partition coefficient (Wildman–Crippen LogP) is 0.790. The van der Waals surface area contributed by atoms with Gasteiger partial charge in [-0.3, -0.25) is 4.79 Å². The smallest absolute Gasteiger partial charge is 0.408 e. The average molecular weight is 214 g/mol. The largest absolute Gasteiger partial charge is 0.444 e. The van der Waals surface area contributed by atoms with Gasteiger partial charge >= 0.3 is 6.09 Å². The second-order valence-corrected chi connectivity index (χ2v) is 5.14. The van der Waals surface area contributed by atoms with Gasteiger partial charge in [0.15, 0.2) is 0 Å². The van der Waals surface area contributed by atoms with Crippen LogP contribution in [0.3, 0.4) is 0 Å². The summed E-state index contributed by atoms with van der Waals surface area (Å²) in [5, 5.41) is 5.37. The van der Waals surface area contributed by atoms with E-state index < -0.39 is 17.2 Å². The molecule has 2 N–H and O–H groups in total. The van der Waals surface area contributed by atoms with Crippen LogP contribution in [-0.2, 0) is 9.53 Å². The summed E-state index contributed by atoms with van der Waals surface area (Å²) in [5.74, 6) is -0.0476. The summed E-state index contributed by atoms with van der Waals surface area (Å²) in [7, 11) is 0. The topological polar surface area (TPSA) is 67.4 Å². The highest BCUT2D eigenvalue weighted by molar-refractivity contribution is 5.81. The van der Waals surface area contributed by atoms with Crippen molar-refractivity contribution in [2.24, 2.45) is 0 Å². The Labute approximate surface area is 89.6 Å². The minimum absolute atomic E-state index is 0.0476. The average Bonchev–Trinajstić information content (AvgIpc) is 2.25. The van der Waals surface area contributed by atoms with Crippen LogP contribution in [0.15, 0.2) is 0 Å². The first kappa shape index (κ1) is 11.8. The maximum atomic E-state index is 11.5. The molecular formula is C10H18N2O3. The number of ether oxygens (including phenoxy) is 1. The Bertz CT molecular complexity index is 283. The fourth-order valence-electron chi connectivity index (χ4n) is 1.41. The Kier molecular flexibility index (Phi) is 2.93. The first-order valence-electron chi connectivity index (χ1n) is 4.98. The fourth-order valence-corrected chi connectivity index (χ4v) is 1.41. The molecule has 15 heavy (non-hydrogen) atoms. The van der Waals surface area contributed by atoms with E-state index >= 15 is 0 Å². The van der Waals surface area contributed by atoms with Crippen molar-refractivity contribution in [1.29, 1.82) is 0 Å². The number of carbonyl (C=O) groups excluding carboxylic acids is 2. The van der Waals surface area contributed by atoms with Crippen molar-refractivity contribution in [3.63, 3.8) is 0 Å². The van der Waals surface area contributed by atoms with E-state index in [0.29, 0.717) is 13.0 Å². The molecule has 5 nitrogen and oxygen atoms in total. The van der Waals surface area contributed by atoms with Crippen molar-refractivity contribution < 1.29 is 14.3 Å². The summed E-state index contributed by atoms with van der Waals surface area (Å²) in [4.78, 5) is 22.5. The van der Waals surface area contributed by atoms with E-state index in [4.69, 9.17) is 4.74 Å². The maximum absolute atomic E-state index is 11.5. The van der Waals surface area contributed by atoms with Crippen LogP contribution >= 0.6 is 0 Å². The zero-order chi connectivity index (χ0) is 11.7. The molecule has 0 aromatic heterocycles. The maximum Gasteiger partial charge on any atom is 0.408 e.